The number of β-amino-alcohol motifs (C(OH)–C–C–N with tert-alkyl or cyclic N) is 1. The molecule has 2 saturated heterocycles. The van der Waals surface area contributed by atoms with Gasteiger partial charge in [-0.3, -0.25) is 46.6 Å². The normalized spacial score (nSPS) is 19.9. The second-order valence-corrected chi connectivity index (χ2v) is 23.4. The van der Waals surface area contributed by atoms with Gasteiger partial charge in [-0.1, -0.05) is 25.7 Å². The largest absolute Gasteiger partial charge is 0.472 e. The molecule has 4 heterocycles. The van der Waals surface area contributed by atoms with Crippen LogP contribution in [0.2, 0.25) is 0 Å². The number of carbonyl (C=O) groups is 5. The van der Waals surface area contributed by atoms with Crippen molar-refractivity contribution >= 4 is 61.8 Å². The molecule has 2 aliphatic heterocycles. The minimum Gasteiger partial charge on any atom is -0.397 e. The number of nitrogens with zero attached hydrogens (tertiary/aromatic N) is 4. The number of phosphoric acid groups is 2. The Balaban J connectivity index is 1.25. The predicted molar refractivity (Wildman–Crippen MR) is 297 cm³/mol. The van der Waals surface area contributed by atoms with Gasteiger partial charge in [-0.15, -0.1) is 0 Å². The van der Waals surface area contributed by atoms with Crippen molar-refractivity contribution in [2.75, 3.05) is 98.4 Å². The molecule has 3 amide bonds. The summed E-state index contributed by atoms with van der Waals surface area (Å²) in [5.74, 6) is -0.708. The summed E-state index contributed by atoms with van der Waals surface area (Å²) >= 11 is 0. The number of aliphatic hydroxyl groups is 1. The zero-order valence-corrected chi connectivity index (χ0v) is 48.7. The van der Waals surface area contributed by atoms with E-state index in [0.717, 1.165) is 32.8 Å². The van der Waals surface area contributed by atoms with Crippen molar-refractivity contribution in [1.29, 1.82) is 0 Å². The number of ether oxygens (including phenoxy) is 4. The van der Waals surface area contributed by atoms with Crippen LogP contribution in [-0.2, 0) is 70.1 Å². The summed E-state index contributed by atoms with van der Waals surface area (Å²) in [6.45, 7) is 0.897. The molecule has 2 fully saturated rings. The highest BCUT2D eigenvalue weighted by molar-refractivity contribution is 7.47. The van der Waals surface area contributed by atoms with E-state index in [0.29, 0.717) is 101 Å². The summed E-state index contributed by atoms with van der Waals surface area (Å²) in [6, 6.07) is 0.828. The number of anilines is 1. The molecule has 0 aromatic carbocycles. The molecular formula is C51H90N10O18P2. The summed E-state index contributed by atoms with van der Waals surface area (Å²) in [5.41, 5.74) is 22.6. The third-order valence-electron chi connectivity index (χ3n) is 13.7. The summed E-state index contributed by atoms with van der Waals surface area (Å²) in [4.78, 5) is 95.3. The number of nitrogens with two attached hydrogens (primary N) is 4. The molecule has 13 N–H and O–H groups in total. The van der Waals surface area contributed by atoms with Gasteiger partial charge in [0.25, 0.3) is 0 Å². The van der Waals surface area contributed by atoms with E-state index in [-0.39, 0.29) is 120 Å². The number of phosphoric ester groups is 2. The summed E-state index contributed by atoms with van der Waals surface area (Å²) in [6.07, 6.45) is 7.75. The molecule has 2 aromatic rings. The summed E-state index contributed by atoms with van der Waals surface area (Å²) in [7, 11) is -8.41. The Hall–Kier alpha value is -3.93. The number of hydrogen-bond acceptors (Lipinski definition) is 22. The zero-order chi connectivity index (χ0) is 59.1. The molecular weight excluding hydrogens is 1100 g/mol. The number of fused-ring (bicyclic) bond motifs is 1. The fraction of sp³-hybridized carbons (Fsp3) is 0.784. The highest BCUT2D eigenvalue weighted by Gasteiger charge is 2.44. The number of likely N-dealkylation sites (tertiary alicyclic amines) is 1. The van der Waals surface area contributed by atoms with Crippen LogP contribution in [0.5, 0.6) is 0 Å². The molecule has 0 radical (unpaired) electrons. The van der Waals surface area contributed by atoms with Gasteiger partial charge in [0.15, 0.2) is 5.65 Å². The highest BCUT2D eigenvalue weighted by atomic mass is 31.2. The number of Topliss-reactive ketones (excluding diaryl/α,β-unsaturated/α-hetero) is 2. The summed E-state index contributed by atoms with van der Waals surface area (Å²) < 4.78 is 71.7. The lowest BCUT2D eigenvalue weighted by Gasteiger charge is -2.34. The Labute approximate surface area is 474 Å². The van der Waals surface area contributed by atoms with Gasteiger partial charge in [-0.25, -0.2) is 19.1 Å². The van der Waals surface area contributed by atoms with Crippen molar-refractivity contribution < 1.29 is 85.0 Å². The van der Waals surface area contributed by atoms with E-state index in [1.807, 2.05) is 0 Å². The van der Waals surface area contributed by atoms with Crippen LogP contribution in [0.1, 0.15) is 135 Å². The van der Waals surface area contributed by atoms with E-state index >= 15 is 0 Å². The van der Waals surface area contributed by atoms with Crippen molar-refractivity contribution in [1.82, 2.24) is 30.1 Å². The molecule has 0 aliphatic carbocycles. The topological polar surface area (TPSA) is 416 Å². The maximum atomic E-state index is 13.6. The third-order valence-corrected chi connectivity index (χ3v) is 15.6. The molecule has 28 nitrogen and oxygen atoms in total. The van der Waals surface area contributed by atoms with Crippen molar-refractivity contribution in [3.05, 3.63) is 18.6 Å². The number of unbranched alkanes of at least 4 members (excludes halogenated alkanes) is 7. The first-order valence-electron chi connectivity index (χ1n) is 28.2. The average Bonchev–Trinajstić information content (AvgIpc) is 4.23. The molecule has 2 aromatic heterocycles. The number of amides is 3. The van der Waals surface area contributed by atoms with Crippen molar-refractivity contribution in [2.45, 2.75) is 165 Å². The minimum atomic E-state index is -4.90. The highest BCUT2D eigenvalue weighted by Crippen LogP contribution is 2.50. The van der Waals surface area contributed by atoms with Crippen LogP contribution < -0.4 is 33.6 Å². The molecule has 0 saturated carbocycles. The van der Waals surface area contributed by atoms with Gasteiger partial charge in [0, 0.05) is 77.8 Å². The molecule has 7 atom stereocenters. The standard InChI is InChI=1S/C51H90N10O18P2/c1-72-80(68,69)77-33-44-43(30-48(78-44)61-37-58-49-42(55)17-25-57-50(49)61)79-81(70,71)76-32-38-29-41(64)31-60(38)47(67)16-7-5-3-2-4-6-15-46(66)59-51(34-73-26-18-39(62)13-8-10-21-52,35-74-27-19-40(63)14-9-11-22-53)36-75-28-20-45(65)56-24-12-23-54/h17,25,37-38,41,43-44,48,64H,2-16,18-24,26-36,52-54H2,1H3,(H2,55,57)(H,56,65)(H,59,66)(H,68,69)(H,70,71)/t38-,41+,43-,44+,48+/m0/s1. The number of nitrogen functional groups attached to an aromatic ring is 1. The number of ketones is 2. The molecule has 0 bridgehead atoms. The molecule has 2 unspecified atom stereocenters. The number of aliphatic hydroxyl groups excluding tert-OH is 1. The monoisotopic (exact) mass is 1190 g/mol. The van der Waals surface area contributed by atoms with E-state index in [2.05, 4.69) is 25.1 Å². The number of hydrogen-bond donors (Lipinski definition) is 9. The van der Waals surface area contributed by atoms with Gasteiger partial charge in [0.05, 0.1) is 77.0 Å². The van der Waals surface area contributed by atoms with Crippen LogP contribution in [0.4, 0.5) is 5.69 Å². The predicted octanol–water partition coefficient (Wildman–Crippen LogP) is 2.59. The quantitative estimate of drug-likeness (QED) is 0.0340. The fourth-order valence-corrected chi connectivity index (χ4v) is 10.6. The van der Waals surface area contributed by atoms with Crippen LogP contribution in [-0.4, -0.2) is 186 Å². The minimum absolute atomic E-state index is 0.00420. The number of aromatic nitrogens is 3. The lowest BCUT2D eigenvalue weighted by molar-refractivity contribution is -0.133. The van der Waals surface area contributed by atoms with Gasteiger partial charge in [-0.2, -0.15) is 0 Å². The zero-order valence-electron chi connectivity index (χ0n) is 46.9. The van der Waals surface area contributed by atoms with Crippen LogP contribution in [0.15, 0.2) is 18.6 Å². The molecule has 4 rings (SSSR count). The van der Waals surface area contributed by atoms with Gasteiger partial charge in [0.1, 0.15) is 41.1 Å². The van der Waals surface area contributed by atoms with Crippen LogP contribution in [0, 0.1) is 0 Å². The second kappa shape index (κ2) is 37.4. The van der Waals surface area contributed by atoms with E-state index in [9.17, 15) is 48.0 Å². The second-order valence-electron chi connectivity index (χ2n) is 20.5. The van der Waals surface area contributed by atoms with Crippen LogP contribution in [0.3, 0.4) is 0 Å². The van der Waals surface area contributed by atoms with E-state index in [1.165, 1.54) is 22.0 Å². The van der Waals surface area contributed by atoms with Gasteiger partial charge in [0.2, 0.25) is 17.7 Å². The first-order chi connectivity index (χ1) is 38.8. The van der Waals surface area contributed by atoms with Gasteiger partial charge < -0.3 is 72.3 Å². The molecule has 0 spiro atoms. The molecule has 81 heavy (non-hydrogen) atoms. The third kappa shape index (κ3) is 26.3. The number of carbonyl (C=O) groups excluding carboxylic acids is 5. The van der Waals surface area contributed by atoms with Gasteiger partial charge in [-0.05, 0) is 77.1 Å². The Morgan fingerprint density at radius 3 is 1.93 bits per heavy atom. The summed E-state index contributed by atoms with van der Waals surface area (Å²) in [5, 5.41) is 16.4. The number of rotatable bonds is 46. The smallest absolute Gasteiger partial charge is 0.397 e. The number of nitrogens with one attached hydrogen (secondary N) is 2. The SMILES string of the molecule is COP(=O)(O)OC[C@H]1O[C@@H](n2cnc3c(N)ccnc32)C[C@@H]1OP(=O)(O)OC[C@@H]1C[C@@H](O)CN1C(=O)CCCCCCCCC(=O)NC(COCCC(=O)CCCCN)(COCCC(=O)CCCCN)COCCC(=O)NCCCN. The van der Waals surface area contributed by atoms with Crippen LogP contribution in [0.25, 0.3) is 11.2 Å². The van der Waals surface area contributed by atoms with Crippen molar-refractivity contribution in [3.63, 3.8) is 0 Å². The number of imidazole rings is 1. The van der Waals surface area contributed by atoms with Gasteiger partial charge >= 0.3 is 15.6 Å². The maximum absolute atomic E-state index is 13.6. The maximum Gasteiger partial charge on any atom is 0.472 e. The van der Waals surface area contributed by atoms with E-state index in [4.69, 9.17) is 55.5 Å². The Morgan fingerprint density at radius 2 is 1.31 bits per heavy atom. The number of pyridine rings is 1. The lowest BCUT2D eigenvalue weighted by Crippen LogP contribution is -2.58. The molecule has 30 heteroatoms. The van der Waals surface area contributed by atoms with E-state index < -0.39 is 65.0 Å². The first kappa shape index (κ1) is 69.6. The Kier molecular flexibility index (Phi) is 32.1. The Morgan fingerprint density at radius 1 is 0.728 bits per heavy atom. The molecule has 2 aliphatic rings. The molecule has 462 valence electrons. The Bertz CT molecular complexity index is 2250. The van der Waals surface area contributed by atoms with Crippen LogP contribution >= 0.6 is 15.6 Å². The average molecular weight is 1190 g/mol. The van der Waals surface area contributed by atoms with Crippen molar-refractivity contribution in [2.24, 2.45) is 17.2 Å². The van der Waals surface area contributed by atoms with E-state index in [1.54, 1.807) is 6.07 Å². The van der Waals surface area contributed by atoms with Crippen molar-refractivity contribution in [3.8, 4) is 0 Å². The lowest BCUT2D eigenvalue weighted by atomic mass is 10.0. The fourth-order valence-electron chi connectivity index (χ4n) is 9.20. The first-order valence-corrected chi connectivity index (χ1v) is 31.2.